The van der Waals surface area contributed by atoms with E-state index in [-0.39, 0.29) is 5.25 Å². The van der Waals surface area contributed by atoms with Crippen molar-refractivity contribution >= 4 is 26.9 Å². The first-order valence-corrected chi connectivity index (χ1v) is 11.7. The van der Waals surface area contributed by atoms with Crippen molar-refractivity contribution in [2.45, 2.75) is 30.4 Å². The van der Waals surface area contributed by atoms with E-state index < -0.39 is 10.0 Å². The lowest BCUT2D eigenvalue weighted by molar-refractivity contribution is 0.317. The van der Waals surface area contributed by atoms with Crippen molar-refractivity contribution in [2.75, 3.05) is 31.1 Å². The van der Waals surface area contributed by atoms with E-state index in [4.69, 9.17) is 0 Å². The molecule has 2 fully saturated rings. The molecule has 0 amide bonds. The highest BCUT2D eigenvalue weighted by Gasteiger charge is 2.39. The Kier molecular flexibility index (Phi) is 4.75. The van der Waals surface area contributed by atoms with Crippen LogP contribution in [0.15, 0.2) is 48.9 Å². The molecule has 1 atom stereocenters. The number of sulfonamides is 1. The molecule has 0 saturated carbocycles. The second-order valence-corrected chi connectivity index (χ2v) is 10.1. The summed E-state index contributed by atoms with van der Waals surface area (Å²) in [6.07, 6.45) is 7.92. The molecule has 5 heterocycles. The summed E-state index contributed by atoms with van der Waals surface area (Å²) in [6.45, 7) is 2.42. The molecular weight excluding hydrogens is 386 g/mol. The summed E-state index contributed by atoms with van der Waals surface area (Å²) in [6, 6.07) is 9.79. The Morgan fingerprint density at radius 1 is 0.966 bits per heavy atom. The maximum atomic E-state index is 13.2. The lowest BCUT2D eigenvalue weighted by Gasteiger charge is -2.33. The van der Waals surface area contributed by atoms with Crippen molar-refractivity contribution in [1.82, 2.24) is 19.3 Å². The topological polar surface area (TPSA) is 82.2 Å². The average Bonchev–Trinajstić information content (AvgIpc) is 3.43. The van der Waals surface area contributed by atoms with E-state index in [1.807, 2.05) is 30.5 Å². The maximum absolute atomic E-state index is 13.2. The van der Waals surface area contributed by atoms with E-state index in [0.717, 1.165) is 36.2 Å². The summed E-state index contributed by atoms with van der Waals surface area (Å²) in [7, 11) is -3.29. The molecule has 2 aliphatic rings. The molecule has 0 aliphatic carbocycles. The van der Waals surface area contributed by atoms with Gasteiger partial charge >= 0.3 is 0 Å². The summed E-state index contributed by atoms with van der Waals surface area (Å²) < 4.78 is 28.2. The number of rotatable bonds is 4. The van der Waals surface area contributed by atoms with Crippen LogP contribution < -0.4 is 4.90 Å². The predicted molar refractivity (Wildman–Crippen MR) is 113 cm³/mol. The van der Waals surface area contributed by atoms with Crippen LogP contribution in [-0.2, 0) is 10.0 Å². The summed E-state index contributed by atoms with van der Waals surface area (Å²) >= 11 is 0. The summed E-state index contributed by atoms with van der Waals surface area (Å²) in [5.41, 5.74) is 2.16. The summed E-state index contributed by atoms with van der Waals surface area (Å²) in [4.78, 5) is 14.0. The third-order valence-electron chi connectivity index (χ3n) is 6.28. The Labute approximate surface area is 170 Å². The van der Waals surface area contributed by atoms with Crippen molar-refractivity contribution in [3.05, 3.63) is 54.5 Å². The van der Waals surface area contributed by atoms with Gasteiger partial charge in [0.2, 0.25) is 10.0 Å². The number of aromatic nitrogens is 3. The monoisotopic (exact) mass is 411 g/mol. The normalized spacial score (nSPS) is 21.8. The Hall–Kier alpha value is -2.45. The lowest BCUT2D eigenvalue weighted by Crippen LogP contribution is -2.44. The zero-order valence-electron chi connectivity index (χ0n) is 16.2. The van der Waals surface area contributed by atoms with Gasteiger partial charge in [0.25, 0.3) is 0 Å². The van der Waals surface area contributed by atoms with Crippen LogP contribution in [0.1, 0.15) is 30.7 Å². The first-order valence-electron chi connectivity index (χ1n) is 10.2. The minimum atomic E-state index is -3.29. The van der Waals surface area contributed by atoms with E-state index in [2.05, 4.69) is 25.9 Å². The molecule has 1 N–H and O–H groups in total. The highest BCUT2D eigenvalue weighted by Crippen LogP contribution is 2.34. The standard InChI is InChI=1S/C21H25N5O2S/c27-29(28,17-8-11-25(15-17)20-5-1-2-9-22-20)26-12-6-16(7-13-26)19-14-24-21-18(19)4-3-10-23-21/h1-5,9-10,14,16-17H,6-8,11-13,15H2,(H,23,24). The van der Waals surface area contributed by atoms with Gasteiger partial charge in [0, 0.05) is 50.2 Å². The molecule has 7 nitrogen and oxygen atoms in total. The van der Waals surface area contributed by atoms with Crippen molar-refractivity contribution < 1.29 is 8.42 Å². The first kappa shape index (κ1) is 18.6. The fourth-order valence-corrected chi connectivity index (χ4v) is 6.58. The number of piperidine rings is 1. The zero-order valence-corrected chi connectivity index (χ0v) is 17.1. The quantitative estimate of drug-likeness (QED) is 0.714. The third-order valence-corrected chi connectivity index (χ3v) is 8.59. The van der Waals surface area contributed by atoms with Gasteiger partial charge in [-0.05, 0) is 55.0 Å². The average molecular weight is 412 g/mol. The molecule has 29 heavy (non-hydrogen) atoms. The number of hydrogen-bond acceptors (Lipinski definition) is 5. The Morgan fingerprint density at radius 2 is 1.79 bits per heavy atom. The SMILES string of the molecule is O=S(=O)(C1CCN(c2ccccn2)C1)N1CCC(c2c[nH]c3ncccc23)CC1. The van der Waals surface area contributed by atoms with Crippen molar-refractivity contribution in [3.63, 3.8) is 0 Å². The van der Waals surface area contributed by atoms with E-state index in [9.17, 15) is 8.42 Å². The van der Waals surface area contributed by atoms with Crippen LogP contribution >= 0.6 is 0 Å². The van der Waals surface area contributed by atoms with Crippen LogP contribution in [-0.4, -0.2) is 59.1 Å². The smallest absolute Gasteiger partial charge is 0.218 e. The fourth-order valence-electron chi connectivity index (χ4n) is 4.67. The van der Waals surface area contributed by atoms with Gasteiger partial charge in [-0.2, -0.15) is 0 Å². The highest BCUT2D eigenvalue weighted by molar-refractivity contribution is 7.89. The van der Waals surface area contributed by atoms with Crippen LogP contribution in [0.3, 0.4) is 0 Å². The molecule has 0 spiro atoms. The largest absolute Gasteiger partial charge is 0.355 e. The molecule has 5 rings (SSSR count). The van der Waals surface area contributed by atoms with Crippen molar-refractivity contribution in [3.8, 4) is 0 Å². The molecule has 3 aromatic rings. The van der Waals surface area contributed by atoms with Gasteiger partial charge in [0.05, 0.1) is 5.25 Å². The number of fused-ring (bicyclic) bond motifs is 1. The molecule has 2 saturated heterocycles. The number of H-pyrrole nitrogens is 1. The van der Waals surface area contributed by atoms with Crippen LogP contribution in [0.5, 0.6) is 0 Å². The van der Waals surface area contributed by atoms with E-state index >= 15 is 0 Å². The first-order chi connectivity index (χ1) is 14.1. The number of aromatic amines is 1. The van der Waals surface area contributed by atoms with Crippen LogP contribution in [0.4, 0.5) is 5.82 Å². The van der Waals surface area contributed by atoms with Gasteiger partial charge in [-0.15, -0.1) is 0 Å². The van der Waals surface area contributed by atoms with Gasteiger partial charge < -0.3 is 9.88 Å². The molecule has 0 radical (unpaired) electrons. The minimum Gasteiger partial charge on any atom is -0.355 e. The van der Waals surface area contributed by atoms with E-state index in [0.29, 0.717) is 32.0 Å². The number of pyridine rings is 2. The van der Waals surface area contributed by atoms with Gasteiger partial charge in [-0.1, -0.05) is 6.07 Å². The molecule has 0 aromatic carbocycles. The Bertz CT molecular complexity index is 1090. The third kappa shape index (κ3) is 3.40. The summed E-state index contributed by atoms with van der Waals surface area (Å²) in [5, 5.41) is 0.800. The molecule has 3 aromatic heterocycles. The number of anilines is 1. The van der Waals surface area contributed by atoms with Crippen molar-refractivity contribution in [2.24, 2.45) is 0 Å². The number of nitrogens with one attached hydrogen (secondary N) is 1. The Balaban J connectivity index is 1.25. The fraction of sp³-hybridized carbons (Fsp3) is 0.429. The zero-order chi connectivity index (χ0) is 19.8. The van der Waals surface area contributed by atoms with Gasteiger partial charge in [0.1, 0.15) is 11.5 Å². The predicted octanol–water partition coefficient (Wildman–Crippen LogP) is 2.75. The molecule has 1 unspecified atom stereocenters. The highest BCUT2D eigenvalue weighted by atomic mass is 32.2. The van der Waals surface area contributed by atoms with Gasteiger partial charge in [0.15, 0.2) is 0 Å². The maximum Gasteiger partial charge on any atom is 0.218 e. The Morgan fingerprint density at radius 3 is 2.59 bits per heavy atom. The van der Waals surface area contributed by atoms with Crippen LogP contribution in [0.2, 0.25) is 0 Å². The summed E-state index contributed by atoms with van der Waals surface area (Å²) in [5.74, 6) is 1.23. The van der Waals surface area contributed by atoms with Crippen LogP contribution in [0.25, 0.3) is 11.0 Å². The minimum absolute atomic E-state index is 0.349. The van der Waals surface area contributed by atoms with Gasteiger partial charge in [-0.3, -0.25) is 0 Å². The van der Waals surface area contributed by atoms with Crippen molar-refractivity contribution in [1.29, 1.82) is 0 Å². The van der Waals surface area contributed by atoms with Crippen LogP contribution in [0, 0.1) is 0 Å². The molecular formula is C21H25N5O2S. The second kappa shape index (κ2) is 7.42. The number of hydrogen-bond donors (Lipinski definition) is 1. The number of nitrogens with zero attached hydrogens (tertiary/aromatic N) is 4. The van der Waals surface area contributed by atoms with Gasteiger partial charge in [-0.25, -0.2) is 22.7 Å². The molecule has 2 aliphatic heterocycles. The molecule has 8 heteroatoms. The van der Waals surface area contributed by atoms with E-state index in [1.54, 1.807) is 16.7 Å². The second-order valence-electron chi connectivity index (χ2n) is 7.91. The van der Waals surface area contributed by atoms with E-state index in [1.165, 1.54) is 5.56 Å². The lowest BCUT2D eigenvalue weighted by atomic mass is 9.90. The molecule has 152 valence electrons. The molecule has 0 bridgehead atoms.